The second-order valence-electron chi connectivity index (χ2n) is 4.60. The van der Waals surface area contributed by atoms with Crippen LogP contribution in [0.3, 0.4) is 0 Å². The third kappa shape index (κ3) is 6.43. The Kier molecular flexibility index (Phi) is 7.90. The van der Waals surface area contributed by atoms with Crippen molar-refractivity contribution in [3.63, 3.8) is 0 Å². The Bertz CT molecular complexity index is 595. The van der Waals surface area contributed by atoms with Crippen molar-refractivity contribution in [2.75, 3.05) is 18.9 Å². The van der Waals surface area contributed by atoms with Crippen molar-refractivity contribution in [1.29, 1.82) is 0 Å². The van der Waals surface area contributed by atoms with E-state index >= 15 is 0 Å². The fourth-order valence-electron chi connectivity index (χ4n) is 1.54. The minimum atomic E-state index is -0.370. The molecule has 0 aliphatic rings. The molecular formula is C17H21N3O4. The zero-order chi connectivity index (χ0) is 17.9. The Morgan fingerprint density at radius 1 is 0.917 bits per heavy atom. The van der Waals surface area contributed by atoms with Gasteiger partial charge in [-0.25, -0.2) is 14.6 Å². The molecule has 0 unspecified atom stereocenters. The third-order valence-electron chi connectivity index (χ3n) is 2.72. The lowest BCUT2D eigenvalue weighted by atomic mass is 10.2. The number of nitrogens with two attached hydrogens (primary N) is 1. The maximum atomic E-state index is 11.1. The van der Waals surface area contributed by atoms with Crippen LogP contribution < -0.4 is 5.73 Å². The first-order valence-electron chi connectivity index (χ1n) is 7.46. The second kappa shape index (κ2) is 9.94. The lowest BCUT2D eigenvalue weighted by molar-refractivity contribution is 0.0516. The molecular weight excluding hydrogens is 310 g/mol. The van der Waals surface area contributed by atoms with E-state index in [1.165, 1.54) is 12.4 Å². The molecule has 2 aromatic heterocycles. The van der Waals surface area contributed by atoms with E-state index < -0.39 is 0 Å². The van der Waals surface area contributed by atoms with Crippen LogP contribution in [-0.2, 0) is 9.47 Å². The number of pyridine rings is 2. The molecule has 2 rings (SSSR count). The largest absolute Gasteiger partial charge is 0.462 e. The molecule has 0 aliphatic heterocycles. The van der Waals surface area contributed by atoms with Crippen LogP contribution in [0.5, 0.6) is 0 Å². The highest BCUT2D eigenvalue weighted by molar-refractivity contribution is 5.89. The number of esters is 2. The smallest absolute Gasteiger partial charge is 0.339 e. The van der Waals surface area contributed by atoms with Crippen LogP contribution in [0.15, 0.2) is 36.7 Å². The Hall–Kier alpha value is -2.96. The van der Waals surface area contributed by atoms with Crippen molar-refractivity contribution in [1.82, 2.24) is 9.97 Å². The predicted molar refractivity (Wildman–Crippen MR) is 89.5 cm³/mol. The summed E-state index contributed by atoms with van der Waals surface area (Å²) in [7, 11) is 0. The van der Waals surface area contributed by atoms with Gasteiger partial charge in [0, 0.05) is 18.1 Å². The Labute approximate surface area is 140 Å². The van der Waals surface area contributed by atoms with E-state index in [0.717, 1.165) is 5.69 Å². The van der Waals surface area contributed by atoms with Crippen LogP contribution in [0.4, 0.5) is 5.82 Å². The number of rotatable bonds is 4. The Balaban J connectivity index is 0.000000240. The summed E-state index contributed by atoms with van der Waals surface area (Å²) >= 11 is 0. The molecule has 0 radical (unpaired) electrons. The van der Waals surface area contributed by atoms with Crippen molar-refractivity contribution in [2.45, 2.75) is 20.8 Å². The number of aromatic nitrogens is 2. The molecule has 0 aliphatic carbocycles. The number of anilines is 1. The standard InChI is InChI=1S/C9H11NO2.C8H10N2O2/c1-3-12-9(11)8-5-4-7(2)10-6-8;1-2-12-8(11)6-3-4-7(9)10-5-6/h4-6H,3H2,1-2H3;3-5H,2H2,1H3,(H2,9,10). The van der Waals surface area contributed by atoms with Gasteiger partial charge in [-0.2, -0.15) is 0 Å². The van der Waals surface area contributed by atoms with Gasteiger partial charge in [-0.05, 0) is 45.0 Å². The summed E-state index contributed by atoms with van der Waals surface area (Å²) in [6.07, 6.45) is 2.92. The van der Waals surface area contributed by atoms with Gasteiger partial charge in [0.1, 0.15) is 5.82 Å². The molecule has 7 heteroatoms. The first-order valence-corrected chi connectivity index (χ1v) is 7.46. The topological polar surface area (TPSA) is 104 Å². The molecule has 2 heterocycles. The molecule has 128 valence electrons. The van der Waals surface area contributed by atoms with Crippen LogP contribution in [0.2, 0.25) is 0 Å². The Morgan fingerprint density at radius 2 is 1.42 bits per heavy atom. The zero-order valence-electron chi connectivity index (χ0n) is 14.0. The summed E-state index contributed by atoms with van der Waals surface area (Å²) in [4.78, 5) is 29.9. The van der Waals surface area contributed by atoms with Crippen LogP contribution >= 0.6 is 0 Å². The summed E-state index contributed by atoms with van der Waals surface area (Å²) in [5.41, 5.74) is 7.15. The van der Waals surface area contributed by atoms with Gasteiger partial charge in [-0.15, -0.1) is 0 Å². The van der Waals surface area contributed by atoms with Crippen LogP contribution in [0, 0.1) is 6.92 Å². The van der Waals surface area contributed by atoms with E-state index in [2.05, 4.69) is 9.97 Å². The van der Waals surface area contributed by atoms with Gasteiger partial charge in [0.25, 0.3) is 0 Å². The number of carbonyl (C=O) groups excluding carboxylic acids is 2. The molecule has 24 heavy (non-hydrogen) atoms. The van der Waals surface area contributed by atoms with Crippen molar-refractivity contribution >= 4 is 17.8 Å². The van der Waals surface area contributed by atoms with Gasteiger partial charge in [-0.3, -0.25) is 4.98 Å². The maximum Gasteiger partial charge on any atom is 0.339 e. The second-order valence-corrected chi connectivity index (χ2v) is 4.60. The number of nitrogen functional groups attached to an aromatic ring is 1. The average Bonchev–Trinajstić information content (AvgIpc) is 2.57. The quantitative estimate of drug-likeness (QED) is 0.858. The molecule has 0 saturated heterocycles. The molecule has 0 aromatic carbocycles. The number of hydrogen-bond donors (Lipinski definition) is 1. The fraction of sp³-hybridized carbons (Fsp3) is 0.294. The van der Waals surface area contributed by atoms with Crippen LogP contribution in [0.25, 0.3) is 0 Å². The van der Waals surface area contributed by atoms with E-state index in [1.807, 2.05) is 6.92 Å². The lowest BCUT2D eigenvalue weighted by Gasteiger charge is -2.00. The number of hydrogen-bond acceptors (Lipinski definition) is 7. The first-order chi connectivity index (χ1) is 11.5. The van der Waals surface area contributed by atoms with E-state index in [4.69, 9.17) is 15.2 Å². The maximum absolute atomic E-state index is 11.1. The molecule has 0 fully saturated rings. The van der Waals surface area contributed by atoms with Gasteiger partial charge in [-0.1, -0.05) is 0 Å². The van der Waals surface area contributed by atoms with Gasteiger partial charge in [0.15, 0.2) is 0 Å². The normalized spacial score (nSPS) is 9.46. The van der Waals surface area contributed by atoms with E-state index in [0.29, 0.717) is 30.2 Å². The summed E-state index contributed by atoms with van der Waals surface area (Å²) in [5.74, 6) is -0.293. The van der Waals surface area contributed by atoms with Crippen LogP contribution in [-0.4, -0.2) is 35.1 Å². The average molecular weight is 331 g/mol. The predicted octanol–water partition coefficient (Wildman–Crippen LogP) is 2.41. The number of ether oxygens (including phenoxy) is 2. The number of aryl methyl sites for hydroxylation is 1. The highest BCUT2D eigenvalue weighted by Gasteiger charge is 2.05. The zero-order valence-corrected chi connectivity index (χ0v) is 14.0. The van der Waals surface area contributed by atoms with Gasteiger partial charge >= 0.3 is 11.9 Å². The number of nitrogens with zero attached hydrogens (tertiary/aromatic N) is 2. The summed E-state index contributed by atoms with van der Waals surface area (Å²) in [6, 6.07) is 6.64. The van der Waals surface area contributed by atoms with Crippen molar-refractivity contribution < 1.29 is 19.1 Å². The number of carbonyl (C=O) groups is 2. The van der Waals surface area contributed by atoms with Gasteiger partial charge < -0.3 is 15.2 Å². The monoisotopic (exact) mass is 331 g/mol. The molecule has 2 N–H and O–H groups in total. The van der Waals surface area contributed by atoms with Gasteiger partial charge in [0.05, 0.1) is 24.3 Å². The SMILES string of the molecule is CCOC(=O)c1ccc(C)nc1.CCOC(=O)c1ccc(N)nc1. The molecule has 7 nitrogen and oxygen atoms in total. The molecule has 0 bridgehead atoms. The van der Waals surface area contributed by atoms with E-state index in [9.17, 15) is 9.59 Å². The third-order valence-corrected chi connectivity index (χ3v) is 2.72. The highest BCUT2D eigenvalue weighted by Crippen LogP contribution is 2.03. The lowest BCUT2D eigenvalue weighted by Crippen LogP contribution is -2.05. The first kappa shape index (κ1) is 19.1. The molecule has 0 spiro atoms. The summed E-state index contributed by atoms with van der Waals surface area (Å²) in [5, 5.41) is 0. The van der Waals surface area contributed by atoms with Crippen molar-refractivity contribution in [3.05, 3.63) is 53.5 Å². The molecule has 0 amide bonds. The molecule has 2 aromatic rings. The summed E-state index contributed by atoms with van der Waals surface area (Å²) in [6.45, 7) is 6.16. The van der Waals surface area contributed by atoms with Gasteiger partial charge in [0.2, 0.25) is 0 Å². The van der Waals surface area contributed by atoms with Crippen molar-refractivity contribution in [2.24, 2.45) is 0 Å². The minimum absolute atomic E-state index is 0.315. The summed E-state index contributed by atoms with van der Waals surface area (Å²) < 4.78 is 9.54. The van der Waals surface area contributed by atoms with E-state index in [-0.39, 0.29) is 11.9 Å². The van der Waals surface area contributed by atoms with Crippen molar-refractivity contribution in [3.8, 4) is 0 Å². The highest BCUT2D eigenvalue weighted by atomic mass is 16.5. The molecule has 0 atom stereocenters. The molecule has 0 saturated carbocycles. The Morgan fingerprint density at radius 3 is 1.79 bits per heavy atom. The van der Waals surface area contributed by atoms with Crippen LogP contribution in [0.1, 0.15) is 40.3 Å². The fourth-order valence-corrected chi connectivity index (χ4v) is 1.54. The van der Waals surface area contributed by atoms with E-state index in [1.54, 1.807) is 38.1 Å². The minimum Gasteiger partial charge on any atom is -0.462 e.